The molecule has 2 aromatic heterocycles. The lowest BCUT2D eigenvalue weighted by atomic mass is 9.93. The zero-order valence-electron chi connectivity index (χ0n) is 14.2. The van der Waals surface area contributed by atoms with Crippen molar-refractivity contribution >= 4 is 11.6 Å². The fraction of sp³-hybridized carbons (Fsp3) is 0.353. The summed E-state index contributed by atoms with van der Waals surface area (Å²) >= 11 is 0. The second-order valence-electron chi connectivity index (χ2n) is 6.24. The highest BCUT2D eigenvalue weighted by atomic mass is 19.4. The van der Waals surface area contributed by atoms with E-state index in [4.69, 9.17) is 0 Å². The van der Waals surface area contributed by atoms with Crippen LogP contribution in [0.4, 0.5) is 19.0 Å². The molecular weight excluding hydrogens is 347 g/mol. The number of anilines is 1. The van der Waals surface area contributed by atoms with Crippen molar-refractivity contribution in [2.24, 2.45) is 0 Å². The molecule has 0 spiro atoms. The van der Waals surface area contributed by atoms with Crippen LogP contribution in [0.5, 0.6) is 0 Å². The Morgan fingerprint density at radius 2 is 1.85 bits per heavy atom. The zero-order chi connectivity index (χ0) is 18.9. The Kier molecular flexibility index (Phi) is 4.57. The van der Waals surface area contributed by atoms with E-state index < -0.39 is 17.6 Å². The highest BCUT2D eigenvalue weighted by molar-refractivity contribution is 5.45. The topological polar surface area (TPSA) is 75.3 Å². The number of fused-ring (bicyclic) bond motifs is 1. The lowest BCUT2D eigenvalue weighted by Crippen LogP contribution is -2.25. The van der Waals surface area contributed by atoms with Gasteiger partial charge in [-0.3, -0.25) is 0 Å². The summed E-state index contributed by atoms with van der Waals surface area (Å²) in [6, 6.07) is 10.8. The smallest absolute Gasteiger partial charge is 0.385 e. The van der Waals surface area contributed by atoms with Gasteiger partial charge in [0.15, 0.2) is 0 Å². The van der Waals surface area contributed by atoms with E-state index in [1.165, 1.54) is 0 Å². The third-order valence-electron chi connectivity index (χ3n) is 4.01. The van der Waals surface area contributed by atoms with Crippen LogP contribution < -0.4 is 5.32 Å². The largest absolute Gasteiger partial charge is 0.453 e. The van der Waals surface area contributed by atoms with Crippen molar-refractivity contribution < 1.29 is 18.3 Å². The Balaban J connectivity index is 1.79. The Morgan fingerprint density at radius 1 is 1.15 bits per heavy atom. The summed E-state index contributed by atoms with van der Waals surface area (Å²) in [5.41, 5.74) is 0.198. The van der Waals surface area contributed by atoms with E-state index in [-0.39, 0.29) is 5.78 Å². The molecule has 1 unspecified atom stereocenters. The van der Waals surface area contributed by atoms with Gasteiger partial charge in [0.1, 0.15) is 5.82 Å². The third kappa shape index (κ3) is 3.77. The van der Waals surface area contributed by atoms with Crippen molar-refractivity contribution in [3.63, 3.8) is 0 Å². The minimum atomic E-state index is -4.64. The Labute approximate surface area is 147 Å². The van der Waals surface area contributed by atoms with Crippen molar-refractivity contribution in [1.29, 1.82) is 0 Å². The molecule has 0 fully saturated rings. The van der Waals surface area contributed by atoms with Crippen LogP contribution in [0.1, 0.15) is 30.4 Å². The lowest BCUT2D eigenvalue weighted by Gasteiger charge is -2.24. The minimum Gasteiger partial charge on any atom is -0.385 e. The molecule has 0 aliphatic rings. The quantitative estimate of drug-likeness (QED) is 0.726. The van der Waals surface area contributed by atoms with Crippen LogP contribution in [0.15, 0.2) is 36.4 Å². The van der Waals surface area contributed by atoms with Gasteiger partial charge in [-0.15, -0.1) is 5.10 Å². The first-order valence-electron chi connectivity index (χ1n) is 8.00. The molecule has 1 atom stereocenters. The summed E-state index contributed by atoms with van der Waals surface area (Å²) in [5.74, 6) is -1.04. The number of aryl methyl sites for hydroxylation is 1. The van der Waals surface area contributed by atoms with Crippen LogP contribution in [0.2, 0.25) is 0 Å². The monoisotopic (exact) mass is 365 g/mol. The van der Waals surface area contributed by atoms with Crippen LogP contribution in [0.25, 0.3) is 5.78 Å². The van der Waals surface area contributed by atoms with E-state index in [2.05, 4.69) is 20.4 Å². The number of halogens is 3. The molecule has 26 heavy (non-hydrogen) atoms. The fourth-order valence-corrected chi connectivity index (χ4v) is 2.61. The van der Waals surface area contributed by atoms with Crippen molar-refractivity contribution in [1.82, 2.24) is 19.6 Å². The van der Waals surface area contributed by atoms with Crippen molar-refractivity contribution in [3.05, 3.63) is 53.5 Å². The van der Waals surface area contributed by atoms with Crippen molar-refractivity contribution in [3.8, 4) is 0 Å². The number of aliphatic hydroxyl groups is 1. The molecule has 0 amide bonds. The fourth-order valence-electron chi connectivity index (χ4n) is 2.61. The first kappa shape index (κ1) is 18.1. The van der Waals surface area contributed by atoms with Gasteiger partial charge in [0.05, 0.1) is 5.60 Å². The van der Waals surface area contributed by atoms with Crippen molar-refractivity contribution in [2.45, 2.75) is 32.0 Å². The number of hydrogen-bond donors (Lipinski definition) is 2. The predicted molar refractivity (Wildman–Crippen MR) is 89.6 cm³/mol. The molecule has 2 N–H and O–H groups in total. The molecule has 0 aliphatic heterocycles. The van der Waals surface area contributed by atoms with Gasteiger partial charge in [0.2, 0.25) is 0 Å². The molecule has 6 nitrogen and oxygen atoms in total. The maximum absolute atomic E-state index is 12.8. The van der Waals surface area contributed by atoms with Crippen LogP contribution in [-0.4, -0.2) is 31.2 Å². The summed E-state index contributed by atoms with van der Waals surface area (Å²) in [4.78, 5) is 7.41. The SMILES string of the molecule is Cc1cc(NCCC(C)(O)c2ccccc2)n2nc(C(F)(F)F)nc2n1. The van der Waals surface area contributed by atoms with Gasteiger partial charge in [-0.2, -0.15) is 22.7 Å². The Morgan fingerprint density at radius 3 is 2.50 bits per heavy atom. The number of alkyl halides is 3. The molecule has 1 aromatic carbocycles. The van der Waals surface area contributed by atoms with Gasteiger partial charge in [0, 0.05) is 18.3 Å². The average molecular weight is 365 g/mol. The third-order valence-corrected chi connectivity index (χ3v) is 4.01. The van der Waals surface area contributed by atoms with Crippen LogP contribution in [-0.2, 0) is 11.8 Å². The minimum absolute atomic E-state index is 0.130. The molecule has 0 bridgehead atoms. The predicted octanol–water partition coefficient (Wildman–Crippen LogP) is 3.16. The molecule has 3 rings (SSSR count). The molecule has 0 saturated carbocycles. The van der Waals surface area contributed by atoms with Crippen LogP contribution >= 0.6 is 0 Å². The number of hydrogen-bond acceptors (Lipinski definition) is 5. The molecule has 0 saturated heterocycles. The highest BCUT2D eigenvalue weighted by Gasteiger charge is 2.36. The standard InChI is InChI=1S/C17H18F3N5O/c1-11-10-13(25-15(22-11)23-14(24-25)17(18,19)20)21-9-8-16(2,26)12-6-4-3-5-7-12/h3-7,10,21,26H,8-9H2,1-2H3. The van der Waals surface area contributed by atoms with E-state index in [0.717, 1.165) is 10.1 Å². The van der Waals surface area contributed by atoms with Gasteiger partial charge in [0.25, 0.3) is 11.6 Å². The summed E-state index contributed by atoms with van der Waals surface area (Å²) in [7, 11) is 0. The van der Waals surface area contributed by atoms with Gasteiger partial charge in [-0.25, -0.2) is 4.98 Å². The highest BCUT2D eigenvalue weighted by Crippen LogP contribution is 2.27. The zero-order valence-corrected chi connectivity index (χ0v) is 14.2. The molecule has 138 valence electrons. The van der Waals surface area contributed by atoms with Gasteiger partial charge in [-0.1, -0.05) is 30.3 Å². The second kappa shape index (κ2) is 6.56. The molecule has 2 heterocycles. The molecule has 3 aromatic rings. The normalized spacial score (nSPS) is 14.4. The first-order valence-corrected chi connectivity index (χ1v) is 8.00. The van der Waals surface area contributed by atoms with Crippen LogP contribution in [0, 0.1) is 6.92 Å². The first-order chi connectivity index (χ1) is 12.2. The summed E-state index contributed by atoms with van der Waals surface area (Å²) in [5, 5.41) is 17.1. The summed E-state index contributed by atoms with van der Waals surface area (Å²) < 4.78 is 39.5. The number of aromatic nitrogens is 4. The second-order valence-corrected chi connectivity index (χ2v) is 6.24. The van der Waals surface area contributed by atoms with Crippen LogP contribution in [0.3, 0.4) is 0 Å². The Hall–Kier alpha value is -2.68. The molecule has 0 radical (unpaired) electrons. The van der Waals surface area contributed by atoms with Crippen molar-refractivity contribution in [2.75, 3.05) is 11.9 Å². The van der Waals surface area contributed by atoms with E-state index >= 15 is 0 Å². The maximum Gasteiger partial charge on any atom is 0.453 e. The number of nitrogens with one attached hydrogen (secondary N) is 1. The van der Waals surface area contributed by atoms with E-state index in [0.29, 0.717) is 24.5 Å². The lowest BCUT2D eigenvalue weighted by molar-refractivity contribution is -0.144. The summed E-state index contributed by atoms with van der Waals surface area (Å²) in [6.45, 7) is 3.67. The summed E-state index contributed by atoms with van der Waals surface area (Å²) in [6.07, 6.45) is -4.30. The maximum atomic E-state index is 12.8. The molecule has 9 heteroatoms. The van der Waals surface area contributed by atoms with Gasteiger partial charge < -0.3 is 10.4 Å². The van der Waals surface area contributed by atoms with Gasteiger partial charge in [-0.05, 0) is 25.8 Å². The Bertz CT molecular complexity index is 906. The molecular formula is C17H18F3N5O. The average Bonchev–Trinajstić information content (AvgIpc) is 3.00. The number of benzene rings is 1. The van der Waals surface area contributed by atoms with E-state index in [9.17, 15) is 18.3 Å². The van der Waals surface area contributed by atoms with Gasteiger partial charge >= 0.3 is 6.18 Å². The number of rotatable bonds is 5. The number of nitrogens with zero attached hydrogens (tertiary/aromatic N) is 4. The van der Waals surface area contributed by atoms with E-state index in [1.54, 1.807) is 19.9 Å². The van der Waals surface area contributed by atoms with E-state index in [1.807, 2.05) is 30.3 Å². The molecule has 0 aliphatic carbocycles.